The maximum Gasteiger partial charge on any atom is 0.136 e. The molecule has 0 spiro atoms. The highest BCUT2D eigenvalue weighted by Gasteiger charge is 2.10. The predicted molar refractivity (Wildman–Crippen MR) is 108 cm³/mol. The second-order valence-corrected chi connectivity index (χ2v) is 6.57. The minimum absolute atomic E-state index is 0.724. The third-order valence-electron chi connectivity index (χ3n) is 4.57. The number of rotatable bonds is 6. The van der Waals surface area contributed by atoms with Gasteiger partial charge in [-0.05, 0) is 19.1 Å². The van der Waals surface area contributed by atoms with Crippen LogP contribution in [0.4, 0.5) is 17.3 Å². The summed E-state index contributed by atoms with van der Waals surface area (Å²) >= 11 is 0. The van der Waals surface area contributed by atoms with Crippen molar-refractivity contribution in [1.82, 2.24) is 19.9 Å². The molecule has 0 atom stereocenters. The van der Waals surface area contributed by atoms with Gasteiger partial charge in [0.2, 0.25) is 0 Å². The minimum atomic E-state index is 0.724. The predicted octanol–water partition coefficient (Wildman–Crippen LogP) is 2.82. The molecule has 0 bridgehead atoms. The van der Waals surface area contributed by atoms with Gasteiger partial charge in [-0.1, -0.05) is 18.2 Å². The fourth-order valence-electron chi connectivity index (χ4n) is 3.23. The van der Waals surface area contributed by atoms with E-state index in [0.717, 1.165) is 73.4 Å². The van der Waals surface area contributed by atoms with Crippen LogP contribution in [-0.2, 0) is 4.74 Å². The number of anilines is 3. The van der Waals surface area contributed by atoms with Crippen LogP contribution in [0.1, 0.15) is 5.82 Å². The summed E-state index contributed by atoms with van der Waals surface area (Å²) in [6.45, 7) is 7.34. The third kappa shape index (κ3) is 4.50. The molecule has 1 aromatic carbocycles. The van der Waals surface area contributed by atoms with Gasteiger partial charge in [-0.2, -0.15) is 0 Å². The first-order valence-corrected chi connectivity index (χ1v) is 9.28. The van der Waals surface area contributed by atoms with E-state index in [9.17, 15) is 0 Å². The molecule has 27 heavy (non-hydrogen) atoms. The van der Waals surface area contributed by atoms with Gasteiger partial charge in [-0.3, -0.25) is 9.88 Å². The number of pyridine rings is 1. The second-order valence-electron chi connectivity index (χ2n) is 6.57. The van der Waals surface area contributed by atoms with Gasteiger partial charge in [-0.25, -0.2) is 9.97 Å². The molecule has 0 radical (unpaired) electrons. The van der Waals surface area contributed by atoms with Crippen LogP contribution in [0.5, 0.6) is 0 Å². The molecule has 1 aliphatic rings. The number of morpholine rings is 1. The number of aryl methyl sites for hydroxylation is 1. The van der Waals surface area contributed by atoms with Crippen LogP contribution in [0.25, 0.3) is 10.9 Å². The highest BCUT2D eigenvalue weighted by atomic mass is 16.5. The highest BCUT2D eigenvalue weighted by molar-refractivity contribution is 5.91. The molecule has 0 saturated carbocycles. The summed E-state index contributed by atoms with van der Waals surface area (Å²) in [6, 6.07) is 12.0. The van der Waals surface area contributed by atoms with Crippen molar-refractivity contribution in [2.45, 2.75) is 6.92 Å². The zero-order chi connectivity index (χ0) is 18.5. The Morgan fingerprint density at radius 3 is 2.78 bits per heavy atom. The van der Waals surface area contributed by atoms with Gasteiger partial charge < -0.3 is 15.4 Å². The van der Waals surface area contributed by atoms with Crippen molar-refractivity contribution >= 4 is 28.2 Å². The summed E-state index contributed by atoms with van der Waals surface area (Å²) in [5, 5.41) is 7.89. The lowest BCUT2D eigenvalue weighted by atomic mass is 10.2. The number of nitrogens with one attached hydrogen (secondary N) is 2. The third-order valence-corrected chi connectivity index (χ3v) is 4.57. The first kappa shape index (κ1) is 17.6. The van der Waals surface area contributed by atoms with Crippen LogP contribution >= 0.6 is 0 Å². The molecule has 140 valence electrons. The van der Waals surface area contributed by atoms with E-state index in [4.69, 9.17) is 4.74 Å². The number of hydrogen-bond acceptors (Lipinski definition) is 7. The summed E-state index contributed by atoms with van der Waals surface area (Å²) < 4.78 is 5.39. The maximum absolute atomic E-state index is 5.39. The van der Waals surface area contributed by atoms with E-state index in [0.29, 0.717) is 0 Å². The number of aromatic nitrogens is 3. The Morgan fingerprint density at radius 1 is 1.07 bits per heavy atom. The Labute approximate surface area is 158 Å². The van der Waals surface area contributed by atoms with Crippen molar-refractivity contribution in [3.05, 3.63) is 48.4 Å². The average molecular weight is 364 g/mol. The molecule has 7 heteroatoms. The van der Waals surface area contributed by atoms with E-state index in [1.54, 1.807) is 6.20 Å². The van der Waals surface area contributed by atoms with Crippen molar-refractivity contribution in [3.8, 4) is 0 Å². The van der Waals surface area contributed by atoms with Crippen molar-refractivity contribution < 1.29 is 4.74 Å². The fraction of sp³-hybridized carbons (Fsp3) is 0.350. The maximum atomic E-state index is 5.39. The molecule has 4 rings (SSSR count). The minimum Gasteiger partial charge on any atom is -0.379 e. The zero-order valence-electron chi connectivity index (χ0n) is 15.5. The van der Waals surface area contributed by atoms with Gasteiger partial charge in [0.25, 0.3) is 0 Å². The van der Waals surface area contributed by atoms with Crippen LogP contribution < -0.4 is 10.6 Å². The second kappa shape index (κ2) is 8.28. The summed E-state index contributed by atoms with van der Waals surface area (Å²) in [4.78, 5) is 15.9. The first-order valence-electron chi connectivity index (χ1n) is 9.28. The van der Waals surface area contributed by atoms with E-state index in [1.165, 1.54) is 0 Å². The molecule has 0 unspecified atom stereocenters. The van der Waals surface area contributed by atoms with Crippen molar-refractivity contribution in [2.75, 3.05) is 50.0 Å². The molecular formula is C20H24N6O. The van der Waals surface area contributed by atoms with E-state index in [-0.39, 0.29) is 0 Å². The molecule has 7 nitrogen and oxygen atoms in total. The fourth-order valence-corrected chi connectivity index (χ4v) is 3.23. The summed E-state index contributed by atoms with van der Waals surface area (Å²) in [6.07, 6.45) is 1.80. The van der Waals surface area contributed by atoms with Crippen molar-refractivity contribution in [1.29, 1.82) is 0 Å². The Bertz CT molecular complexity index is 905. The zero-order valence-corrected chi connectivity index (χ0v) is 15.5. The average Bonchev–Trinajstić information content (AvgIpc) is 2.69. The van der Waals surface area contributed by atoms with E-state index in [2.05, 4.69) is 42.6 Å². The molecule has 0 amide bonds. The Balaban J connectivity index is 1.45. The Morgan fingerprint density at radius 2 is 1.89 bits per heavy atom. The van der Waals surface area contributed by atoms with Crippen LogP contribution in [-0.4, -0.2) is 59.2 Å². The largest absolute Gasteiger partial charge is 0.379 e. The number of nitrogens with zero attached hydrogens (tertiary/aromatic N) is 4. The quantitative estimate of drug-likeness (QED) is 0.696. The molecule has 1 saturated heterocycles. The van der Waals surface area contributed by atoms with Gasteiger partial charge in [-0.15, -0.1) is 0 Å². The topological polar surface area (TPSA) is 75.2 Å². The smallest absolute Gasteiger partial charge is 0.136 e. The van der Waals surface area contributed by atoms with Gasteiger partial charge in [0.1, 0.15) is 17.5 Å². The van der Waals surface area contributed by atoms with Gasteiger partial charge in [0, 0.05) is 43.8 Å². The Hall–Kier alpha value is -2.77. The van der Waals surface area contributed by atoms with Crippen molar-refractivity contribution in [3.63, 3.8) is 0 Å². The molecule has 1 aliphatic heterocycles. The van der Waals surface area contributed by atoms with E-state index >= 15 is 0 Å². The SMILES string of the molecule is Cc1nc(NCCN2CCOCC2)cc(Nc2cccc3cccnc23)n1. The van der Waals surface area contributed by atoms with Gasteiger partial charge in [0.15, 0.2) is 0 Å². The lowest BCUT2D eigenvalue weighted by molar-refractivity contribution is 0.0398. The Kier molecular flexibility index (Phi) is 5.41. The highest BCUT2D eigenvalue weighted by Crippen LogP contribution is 2.24. The number of benzene rings is 1. The normalized spacial score (nSPS) is 15.0. The summed E-state index contributed by atoms with van der Waals surface area (Å²) in [7, 11) is 0. The lowest BCUT2D eigenvalue weighted by Crippen LogP contribution is -2.39. The van der Waals surface area contributed by atoms with Crippen molar-refractivity contribution in [2.24, 2.45) is 0 Å². The summed E-state index contributed by atoms with van der Waals surface area (Å²) in [5.74, 6) is 2.31. The van der Waals surface area contributed by atoms with Crippen LogP contribution in [0.2, 0.25) is 0 Å². The summed E-state index contributed by atoms with van der Waals surface area (Å²) in [5.41, 5.74) is 1.86. The van der Waals surface area contributed by atoms with Gasteiger partial charge >= 0.3 is 0 Å². The van der Waals surface area contributed by atoms with Crippen LogP contribution in [0, 0.1) is 6.92 Å². The lowest BCUT2D eigenvalue weighted by Gasteiger charge is -2.26. The molecule has 3 heterocycles. The van der Waals surface area contributed by atoms with Crippen LogP contribution in [0.15, 0.2) is 42.6 Å². The number of fused-ring (bicyclic) bond motifs is 1. The molecular weight excluding hydrogens is 340 g/mol. The number of para-hydroxylation sites is 1. The van der Waals surface area contributed by atoms with Crippen LogP contribution in [0.3, 0.4) is 0 Å². The van der Waals surface area contributed by atoms with E-state index < -0.39 is 0 Å². The molecule has 0 aliphatic carbocycles. The number of hydrogen-bond donors (Lipinski definition) is 2. The molecule has 2 aromatic heterocycles. The molecule has 1 fully saturated rings. The van der Waals surface area contributed by atoms with Gasteiger partial charge in [0.05, 0.1) is 24.4 Å². The first-order chi connectivity index (χ1) is 13.3. The van der Waals surface area contributed by atoms with E-state index in [1.807, 2.05) is 31.2 Å². The number of ether oxygens (including phenoxy) is 1. The molecule has 3 aromatic rings. The standard InChI is InChI=1S/C20H24N6O/c1-15-23-18(21-8-9-26-10-12-27-13-11-26)14-19(24-15)25-17-6-2-4-16-5-3-7-22-20(16)17/h2-7,14H,8-13H2,1H3,(H2,21,23,24,25). The monoisotopic (exact) mass is 364 g/mol. The molecule has 2 N–H and O–H groups in total.